The molecule has 1 fully saturated rings. The summed E-state index contributed by atoms with van der Waals surface area (Å²) >= 11 is 1.78. The van der Waals surface area contributed by atoms with Crippen LogP contribution in [0.25, 0.3) is 0 Å². The summed E-state index contributed by atoms with van der Waals surface area (Å²) < 4.78 is 5.77. The molecule has 0 aromatic heterocycles. The summed E-state index contributed by atoms with van der Waals surface area (Å²) in [5.74, 6) is 1.71. The highest BCUT2D eigenvalue weighted by Gasteiger charge is 2.42. The van der Waals surface area contributed by atoms with Crippen LogP contribution in [-0.2, 0) is 4.43 Å². The van der Waals surface area contributed by atoms with Crippen LogP contribution in [0.4, 0.5) is 0 Å². The number of rotatable bonds is 2. The molecule has 1 aliphatic heterocycles. The highest BCUT2D eigenvalue weighted by atomic mass is 32.2. The molecule has 0 amide bonds. The fourth-order valence-electron chi connectivity index (χ4n) is 1.02. The van der Waals surface area contributed by atoms with E-state index in [-0.39, 0.29) is 0 Å². The van der Waals surface area contributed by atoms with E-state index in [9.17, 15) is 0 Å². The molecule has 0 aromatic carbocycles. The van der Waals surface area contributed by atoms with Crippen molar-refractivity contribution in [3.05, 3.63) is 0 Å². The van der Waals surface area contributed by atoms with Gasteiger partial charge in [-0.25, -0.2) is 0 Å². The van der Waals surface area contributed by atoms with Gasteiger partial charge in [0.1, 0.15) is 0 Å². The highest BCUT2D eigenvalue weighted by Crippen LogP contribution is 2.34. The Morgan fingerprint density at radius 2 is 2.00 bits per heavy atom. The molecule has 0 atom stereocenters. The van der Waals surface area contributed by atoms with Gasteiger partial charge in [-0.15, -0.1) is 0 Å². The van der Waals surface area contributed by atoms with Gasteiger partial charge in [-0.2, -0.15) is 17.0 Å². The van der Waals surface area contributed by atoms with Gasteiger partial charge >= 0.3 is 0 Å². The van der Waals surface area contributed by atoms with Gasteiger partial charge < -0.3 is 4.43 Å². The monoisotopic (exact) mass is 187 g/mol. The first-order chi connectivity index (χ1) is 4.97. The first-order valence-corrected chi connectivity index (χ1v) is 8.23. The maximum Gasteiger partial charge on any atom is 0.185 e. The van der Waals surface area contributed by atoms with Gasteiger partial charge in [0.25, 0.3) is 0 Å². The van der Waals surface area contributed by atoms with Crippen molar-refractivity contribution in [2.75, 3.05) is 11.5 Å². The van der Waals surface area contributed by atoms with Crippen LogP contribution in [-0.4, -0.2) is 25.4 Å². The summed E-state index contributed by atoms with van der Waals surface area (Å²) in [5.41, 5.74) is -0.421. The van der Waals surface area contributed by atoms with Crippen LogP contribution >= 0.6 is 11.8 Å². The lowest BCUT2D eigenvalue weighted by atomic mass is 10.1. The van der Waals surface area contributed by atoms with E-state index < -0.39 is 13.9 Å². The Bertz CT molecular complexity index is 190. The van der Waals surface area contributed by atoms with Crippen LogP contribution in [0.5, 0.6) is 0 Å². The fraction of sp³-hybridized carbons (Fsp3) is 0.857. The lowest BCUT2D eigenvalue weighted by Gasteiger charge is -2.39. The van der Waals surface area contributed by atoms with Crippen molar-refractivity contribution in [1.82, 2.24) is 0 Å². The van der Waals surface area contributed by atoms with E-state index in [1.165, 1.54) is 0 Å². The van der Waals surface area contributed by atoms with Crippen molar-refractivity contribution in [2.45, 2.75) is 25.2 Å². The van der Waals surface area contributed by atoms with E-state index in [4.69, 9.17) is 9.69 Å². The second kappa shape index (κ2) is 2.81. The molecule has 0 saturated carbocycles. The predicted molar refractivity (Wildman–Crippen MR) is 50.1 cm³/mol. The van der Waals surface area contributed by atoms with E-state index in [1.807, 2.05) is 0 Å². The quantitative estimate of drug-likeness (QED) is 0.619. The molecule has 1 aliphatic rings. The second-order valence-electron chi connectivity index (χ2n) is 3.81. The van der Waals surface area contributed by atoms with E-state index >= 15 is 0 Å². The van der Waals surface area contributed by atoms with Crippen molar-refractivity contribution in [2.24, 2.45) is 0 Å². The lowest BCUT2D eigenvalue weighted by molar-refractivity contribution is 0.160. The van der Waals surface area contributed by atoms with Crippen LogP contribution in [0.3, 0.4) is 0 Å². The zero-order chi connectivity index (χ0) is 8.54. The molecule has 0 spiro atoms. The average Bonchev–Trinajstić information content (AvgIpc) is 1.77. The number of thioether (sulfide) groups is 1. The molecule has 11 heavy (non-hydrogen) atoms. The third kappa shape index (κ3) is 2.22. The molecule has 0 bridgehead atoms. The SMILES string of the molecule is C[Si](C)(C)OC1(C#N)CSC1. The van der Waals surface area contributed by atoms with E-state index in [1.54, 1.807) is 11.8 Å². The summed E-state index contributed by atoms with van der Waals surface area (Å²) in [4.78, 5) is 0. The molecule has 1 rings (SSSR count). The molecule has 1 saturated heterocycles. The molecule has 0 N–H and O–H groups in total. The molecule has 0 radical (unpaired) electrons. The largest absolute Gasteiger partial charge is 0.399 e. The van der Waals surface area contributed by atoms with Crippen LogP contribution < -0.4 is 0 Å². The third-order valence-corrected chi connectivity index (χ3v) is 3.72. The number of nitrogens with zero attached hydrogens (tertiary/aromatic N) is 1. The average molecular weight is 187 g/mol. The Morgan fingerprint density at radius 1 is 1.45 bits per heavy atom. The van der Waals surface area contributed by atoms with Gasteiger partial charge in [0.05, 0.1) is 6.07 Å². The molecule has 4 heteroatoms. The van der Waals surface area contributed by atoms with Gasteiger partial charge in [0.15, 0.2) is 13.9 Å². The Labute approximate surface area is 73.1 Å². The summed E-state index contributed by atoms with van der Waals surface area (Å²) in [6, 6.07) is 2.26. The normalized spacial score (nSPS) is 22.0. The zero-order valence-electron chi connectivity index (χ0n) is 7.18. The first-order valence-electron chi connectivity index (χ1n) is 3.67. The summed E-state index contributed by atoms with van der Waals surface area (Å²) in [6.45, 7) is 6.36. The predicted octanol–water partition coefficient (Wildman–Crippen LogP) is 1.85. The molecule has 0 aromatic rings. The van der Waals surface area contributed by atoms with Crippen molar-refractivity contribution < 1.29 is 4.43 Å². The standard InChI is InChI=1S/C7H13NOSSi/c1-11(2,3)9-7(4-8)5-10-6-7/h5-6H2,1-3H3. The molecule has 2 nitrogen and oxygen atoms in total. The van der Waals surface area contributed by atoms with Crippen molar-refractivity contribution in [3.8, 4) is 6.07 Å². The van der Waals surface area contributed by atoms with Crippen molar-refractivity contribution >= 4 is 20.1 Å². The first kappa shape index (κ1) is 9.11. The zero-order valence-corrected chi connectivity index (χ0v) is 8.99. The molecule has 0 aliphatic carbocycles. The Balaban J connectivity index is 2.54. The highest BCUT2D eigenvalue weighted by molar-refractivity contribution is 8.00. The smallest absolute Gasteiger partial charge is 0.185 e. The second-order valence-corrected chi connectivity index (χ2v) is 9.23. The van der Waals surface area contributed by atoms with Crippen LogP contribution in [0.1, 0.15) is 0 Å². The fourth-order valence-corrected chi connectivity index (χ4v) is 3.41. The van der Waals surface area contributed by atoms with Crippen molar-refractivity contribution in [3.63, 3.8) is 0 Å². The van der Waals surface area contributed by atoms with Crippen molar-refractivity contribution in [1.29, 1.82) is 5.26 Å². The van der Waals surface area contributed by atoms with Crippen LogP contribution in [0, 0.1) is 11.3 Å². The maximum atomic E-state index is 8.83. The van der Waals surface area contributed by atoms with Gasteiger partial charge in [0.2, 0.25) is 0 Å². The van der Waals surface area contributed by atoms with Gasteiger partial charge in [0, 0.05) is 11.5 Å². The Hall–Kier alpha value is 0.0169. The minimum Gasteiger partial charge on any atom is -0.399 e. The molecular weight excluding hydrogens is 174 g/mol. The molecular formula is C7H13NOSSi. The molecule has 0 unspecified atom stereocenters. The minimum atomic E-state index is -1.52. The summed E-state index contributed by atoms with van der Waals surface area (Å²) in [7, 11) is -1.52. The molecule has 1 heterocycles. The third-order valence-electron chi connectivity index (χ3n) is 1.38. The van der Waals surface area contributed by atoms with Gasteiger partial charge in [-0.05, 0) is 19.6 Å². The van der Waals surface area contributed by atoms with E-state index in [2.05, 4.69) is 25.7 Å². The van der Waals surface area contributed by atoms with E-state index in [0.717, 1.165) is 11.5 Å². The topological polar surface area (TPSA) is 33.0 Å². The number of hydrogen-bond donors (Lipinski definition) is 0. The Kier molecular flexibility index (Phi) is 2.33. The number of hydrogen-bond acceptors (Lipinski definition) is 3. The number of nitriles is 1. The summed E-state index contributed by atoms with van der Waals surface area (Å²) in [5, 5.41) is 8.83. The molecule has 62 valence electrons. The van der Waals surface area contributed by atoms with Crippen LogP contribution in [0.2, 0.25) is 19.6 Å². The lowest BCUT2D eigenvalue weighted by Crippen LogP contribution is -2.51. The summed E-state index contributed by atoms with van der Waals surface area (Å²) in [6.07, 6.45) is 0. The van der Waals surface area contributed by atoms with Crippen LogP contribution in [0.15, 0.2) is 0 Å². The maximum absolute atomic E-state index is 8.83. The minimum absolute atomic E-state index is 0.421. The van der Waals surface area contributed by atoms with E-state index in [0.29, 0.717) is 0 Å². The Morgan fingerprint density at radius 3 is 2.09 bits per heavy atom. The van der Waals surface area contributed by atoms with Gasteiger partial charge in [-0.1, -0.05) is 0 Å². The van der Waals surface area contributed by atoms with Gasteiger partial charge in [-0.3, -0.25) is 0 Å².